The predicted octanol–water partition coefficient (Wildman–Crippen LogP) is 2.14. The fraction of sp³-hybridized carbons (Fsp3) is 0.562. The van der Waals surface area contributed by atoms with E-state index in [9.17, 15) is 0 Å². The van der Waals surface area contributed by atoms with Gasteiger partial charge in [0, 0.05) is 31.2 Å². The number of benzene rings is 1. The Morgan fingerprint density at radius 2 is 2.25 bits per heavy atom. The smallest absolute Gasteiger partial charge is 0.123 e. The second kappa shape index (κ2) is 7.28. The first kappa shape index (κ1) is 14.8. The number of hydrogen-bond donors (Lipinski definition) is 1. The zero-order valence-corrected chi connectivity index (χ0v) is 12.4. The van der Waals surface area contributed by atoms with Crippen LogP contribution in [-0.4, -0.2) is 37.7 Å². The van der Waals surface area contributed by atoms with Crippen molar-refractivity contribution in [1.29, 1.82) is 5.26 Å². The highest BCUT2D eigenvalue weighted by atomic mass is 16.5. The van der Waals surface area contributed by atoms with E-state index in [1.54, 1.807) is 13.2 Å². The Bertz CT molecular complexity index is 477. The molecule has 108 valence electrons. The number of nitriles is 1. The van der Waals surface area contributed by atoms with Gasteiger partial charge < -0.3 is 10.1 Å². The summed E-state index contributed by atoms with van der Waals surface area (Å²) in [6.07, 6.45) is 2.71. The van der Waals surface area contributed by atoms with Gasteiger partial charge in [0.2, 0.25) is 0 Å². The van der Waals surface area contributed by atoms with Gasteiger partial charge in [0.25, 0.3) is 0 Å². The van der Waals surface area contributed by atoms with E-state index in [0.717, 1.165) is 43.5 Å². The molecule has 4 nitrogen and oxygen atoms in total. The maximum absolute atomic E-state index is 8.95. The molecule has 0 unspecified atom stereocenters. The number of nitrogens with one attached hydrogen (secondary N) is 1. The summed E-state index contributed by atoms with van der Waals surface area (Å²) in [4.78, 5) is 2.52. The van der Waals surface area contributed by atoms with E-state index in [1.807, 2.05) is 12.1 Å². The van der Waals surface area contributed by atoms with Crippen molar-refractivity contribution in [2.45, 2.75) is 32.4 Å². The van der Waals surface area contributed by atoms with Crippen LogP contribution in [0.15, 0.2) is 18.2 Å². The van der Waals surface area contributed by atoms with E-state index < -0.39 is 0 Å². The van der Waals surface area contributed by atoms with Crippen LogP contribution in [0.25, 0.3) is 0 Å². The molecule has 1 aliphatic rings. The molecule has 1 aliphatic carbocycles. The third kappa shape index (κ3) is 3.96. The number of likely N-dealkylation sites (N-methyl/N-ethyl adjacent to an activating group) is 1. The summed E-state index contributed by atoms with van der Waals surface area (Å²) in [6, 6.07) is 8.52. The first-order chi connectivity index (χ1) is 9.78. The van der Waals surface area contributed by atoms with Gasteiger partial charge in [-0.1, -0.05) is 6.92 Å². The van der Waals surface area contributed by atoms with Crippen LogP contribution in [0, 0.1) is 11.3 Å². The fourth-order valence-corrected chi connectivity index (χ4v) is 2.47. The third-order valence-corrected chi connectivity index (χ3v) is 3.77. The van der Waals surface area contributed by atoms with Crippen LogP contribution in [0.2, 0.25) is 0 Å². The van der Waals surface area contributed by atoms with Gasteiger partial charge in [0.1, 0.15) is 5.75 Å². The molecule has 4 heteroatoms. The fourth-order valence-electron chi connectivity index (χ4n) is 2.47. The Labute approximate surface area is 121 Å². The van der Waals surface area contributed by atoms with E-state index in [2.05, 4.69) is 23.2 Å². The van der Waals surface area contributed by atoms with E-state index in [-0.39, 0.29) is 0 Å². The van der Waals surface area contributed by atoms with Crippen LogP contribution in [0.1, 0.15) is 30.9 Å². The average molecular weight is 273 g/mol. The van der Waals surface area contributed by atoms with Crippen molar-refractivity contribution < 1.29 is 4.74 Å². The first-order valence-corrected chi connectivity index (χ1v) is 7.30. The van der Waals surface area contributed by atoms with Gasteiger partial charge >= 0.3 is 0 Å². The number of rotatable bonds is 8. The van der Waals surface area contributed by atoms with E-state index in [4.69, 9.17) is 10.00 Å². The molecule has 20 heavy (non-hydrogen) atoms. The van der Waals surface area contributed by atoms with Crippen molar-refractivity contribution in [2.24, 2.45) is 0 Å². The molecular weight excluding hydrogens is 250 g/mol. The van der Waals surface area contributed by atoms with Crippen LogP contribution in [0.4, 0.5) is 0 Å². The quantitative estimate of drug-likeness (QED) is 0.737. The third-order valence-electron chi connectivity index (χ3n) is 3.77. The summed E-state index contributed by atoms with van der Waals surface area (Å²) in [7, 11) is 1.66. The predicted molar refractivity (Wildman–Crippen MR) is 79.7 cm³/mol. The minimum atomic E-state index is 0.677. The molecule has 0 radical (unpaired) electrons. The Morgan fingerprint density at radius 1 is 1.45 bits per heavy atom. The Hall–Kier alpha value is -1.57. The average Bonchev–Trinajstić information content (AvgIpc) is 3.31. The summed E-state index contributed by atoms with van der Waals surface area (Å²) in [5.41, 5.74) is 1.72. The maximum atomic E-state index is 8.95. The molecule has 0 spiro atoms. The van der Waals surface area contributed by atoms with Crippen molar-refractivity contribution in [3.8, 4) is 11.8 Å². The maximum Gasteiger partial charge on any atom is 0.123 e. The van der Waals surface area contributed by atoms with Crippen molar-refractivity contribution >= 4 is 0 Å². The molecule has 1 N–H and O–H groups in total. The van der Waals surface area contributed by atoms with Gasteiger partial charge in [0.15, 0.2) is 0 Å². The van der Waals surface area contributed by atoms with Crippen LogP contribution >= 0.6 is 0 Å². The lowest BCUT2D eigenvalue weighted by Gasteiger charge is -2.20. The van der Waals surface area contributed by atoms with Gasteiger partial charge in [0.05, 0.1) is 18.7 Å². The lowest BCUT2D eigenvalue weighted by atomic mass is 10.1. The van der Waals surface area contributed by atoms with E-state index in [0.29, 0.717) is 5.56 Å². The zero-order chi connectivity index (χ0) is 14.4. The van der Waals surface area contributed by atoms with Crippen molar-refractivity contribution in [3.05, 3.63) is 29.3 Å². The van der Waals surface area contributed by atoms with E-state index >= 15 is 0 Å². The normalized spacial score (nSPS) is 14.3. The summed E-state index contributed by atoms with van der Waals surface area (Å²) >= 11 is 0. The highest BCUT2D eigenvalue weighted by molar-refractivity contribution is 5.41. The Balaban J connectivity index is 1.82. The summed E-state index contributed by atoms with van der Waals surface area (Å²) in [5, 5.41) is 12.4. The molecule has 1 aromatic rings. The minimum absolute atomic E-state index is 0.677. The summed E-state index contributed by atoms with van der Waals surface area (Å²) in [5.74, 6) is 0.839. The molecule has 1 fully saturated rings. The van der Waals surface area contributed by atoms with E-state index in [1.165, 1.54) is 12.8 Å². The molecule has 0 saturated heterocycles. The second-order valence-electron chi connectivity index (χ2n) is 5.17. The number of hydrogen-bond acceptors (Lipinski definition) is 4. The number of methoxy groups -OCH3 is 1. The topological polar surface area (TPSA) is 48.3 Å². The van der Waals surface area contributed by atoms with Crippen LogP contribution in [0.3, 0.4) is 0 Å². The van der Waals surface area contributed by atoms with Crippen LogP contribution in [0.5, 0.6) is 5.75 Å². The molecule has 1 saturated carbocycles. The molecule has 0 aromatic heterocycles. The highest BCUT2D eigenvalue weighted by Crippen LogP contribution is 2.25. The summed E-state index contributed by atoms with van der Waals surface area (Å²) < 4.78 is 5.33. The number of ether oxygens (including phenoxy) is 1. The largest absolute Gasteiger partial charge is 0.496 e. The van der Waals surface area contributed by atoms with Gasteiger partial charge in [-0.2, -0.15) is 5.26 Å². The van der Waals surface area contributed by atoms with Gasteiger partial charge in [-0.25, -0.2) is 0 Å². The zero-order valence-electron chi connectivity index (χ0n) is 12.4. The molecule has 0 aliphatic heterocycles. The van der Waals surface area contributed by atoms with Crippen molar-refractivity contribution in [1.82, 2.24) is 10.2 Å². The molecule has 2 rings (SSSR count). The molecule has 0 atom stereocenters. The van der Waals surface area contributed by atoms with Gasteiger partial charge in [-0.3, -0.25) is 4.90 Å². The monoisotopic (exact) mass is 273 g/mol. The Kier molecular flexibility index (Phi) is 5.40. The van der Waals surface area contributed by atoms with Crippen LogP contribution < -0.4 is 10.1 Å². The molecule has 1 aromatic carbocycles. The van der Waals surface area contributed by atoms with Gasteiger partial charge in [-0.05, 0) is 37.6 Å². The molecule has 0 heterocycles. The minimum Gasteiger partial charge on any atom is -0.496 e. The lowest BCUT2D eigenvalue weighted by molar-refractivity contribution is 0.276. The van der Waals surface area contributed by atoms with Gasteiger partial charge in [-0.15, -0.1) is 0 Å². The highest BCUT2D eigenvalue weighted by Gasteiger charge is 2.26. The lowest BCUT2D eigenvalue weighted by Crippen LogP contribution is -2.33. The first-order valence-electron chi connectivity index (χ1n) is 7.30. The standard InChI is InChI=1S/C16H23N3O/c1-3-19(15-5-6-15)9-8-18-12-14-10-13(11-17)4-7-16(14)20-2/h4,7,10,15,18H,3,5-6,8-9,12H2,1-2H3. The van der Waals surface area contributed by atoms with Crippen LogP contribution in [-0.2, 0) is 6.54 Å². The van der Waals surface area contributed by atoms with Crippen molar-refractivity contribution in [2.75, 3.05) is 26.7 Å². The SMILES string of the molecule is CCN(CCNCc1cc(C#N)ccc1OC)C1CC1. The molecular formula is C16H23N3O. The molecule has 0 bridgehead atoms. The molecule has 0 amide bonds. The van der Waals surface area contributed by atoms with Crippen molar-refractivity contribution in [3.63, 3.8) is 0 Å². The summed E-state index contributed by atoms with van der Waals surface area (Å²) in [6.45, 7) is 6.13. The Morgan fingerprint density at radius 3 is 2.85 bits per heavy atom. The number of nitrogens with zero attached hydrogens (tertiary/aromatic N) is 2. The second-order valence-corrected chi connectivity index (χ2v) is 5.17.